The maximum absolute atomic E-state index is 11.0. The van der Waals surface area contributed by atoms with Crippen LogP contribution in [0.2, 0.25) is 0 Å². The molecule has 0 aliphatic heterocycles. The first-order chi connectivity index (χ1) is 10.2. The Bertz CT molecular complexity index is 270. The van der Waals surface area contributed by atoms with Gasteiger partial charge in [-0.05, 0) is 12.2 Å². The van der Waals surface area contributed by atoms with Crippen LogP contribution < -0.4 is 0 Å². The van der Waals surface area contributed by atoms with Crippen molar-refractivity contribution < 1.29 is 8.98 Å². The quantitative estimate of drug-likeness (QED) is 0.226. The van der Waals surface area contributed by atoms with E-state index in [1.807, 2.05) is 0 Å². The zero-order chi connectivity index (χ0) is 15.8. The Morgan fingerprint density at radius 2 is 1.43 bits per heavy atom. The van der Waals surface area contributed by atoms with E-state index in [2.05, 4.69) is 6.92 Å². The fourth-order valence-electron chi connectivity index (χ4n) is 1.91. The minimum absolute atomic E-state index is 0.207. The second kappa shape index (κ2) is 16.6. The van der Waals surface area contributed by atoms with Gasteiger partial charge in [-0.1, -0.05) is 83.9 Å². The maximum atomic E-state index is 11.0. The molecule has 0 aliphatic carbocycles. The minimum Gasteiger partial charge on any atom is -0.385 e. The zero-order valence-corrected chi connectivity index (χ0v) is 16.0. The molecule has 5 heteroatoms. The fraction of sp³-hybridized carbons (Fsp3) is 0.875. The van der Waals surface area contributed by atoms with Gasteiger partial charge in [0.1, 0.15) is 15.6 Å². The van der Waals surface area contributed by atoms with Crippen LogP contribution in [-0.4, -0.2) is 15.3 Å². The van der Waals surface area contributed by atoms with E-state index in [0.717, 1.165) is 17.8 Å². The highest BCUT2D eigenvalue weighted by atomic mass is 32.2. The predicted octanol–water partition coefficient (Wildman–Crippen LogP) is 6.53. The normalized spacial score (nSPS) is 10.6. The van der Waals surface area contributed by atoms with Crippen molar-refractivity contribution in [3.63, 3.8) is 0 Å². The van der Waals surface area contributed by atoms with Crippen LogP contribution in [0.15, 0.2) is 0 Å². The van der Waals surface area contributed by atoms with Crippen molar-refractivity contribution in [2.45, 2.75) is 84.5 Å². The molecular weight excluding hydrogens is 320 g/mol. The molecule has 0 aromatic heterocycles. The summed E-state index contributed by atoms with van der Waals surface area (Å²) in [7, 11) is 0. The molecule has 0 unspecified atom stereocenters. The molecule has 0 rings (SSSR count). The first-order valence-corrected chi connectivity index (χ1v) is 10.4. The van der Waals surface area contributed by atoms with Gasteiger partial charge in [-0.25, -0.2) is 0 Å². The standard InChI is InChI=1S/C16H30O2S3/c1-3-5-6-7-8-9-10-11-12-13-14-20-16(19)21-18-15(17)4-2/h3-14H2,1-2H3. The van der Waals surface area contributed by atoms with Crippen molar-refractivity contribution in [3.8, 4) is 0 Å². The Labute approximate surface area is 144 Å². The highest BCUT2D eigenvalue weighted by molar-refractivity contribution is 8.45. The number of carbonyl (C=O) groups is 1. The molecule has 0 aromatic rings. The van der Waals surface area contributed by atoms with Crippen LogP contribution in [0, 0.1) is 0 Å². The number of hydrogen-bond acceptors (Lipinski definition) is 5. The predicted molar refractivity (Wildman–Crippen MR) is 101 cm³/mol. The van der Waals surface area contributed by atoms with Gasteiger partial charge in [0.15, 0.2) is 0 Å². The lowest BCUT2D eigenvalue weighted by Gasteiger charge is -2.03. The van der Waals surface area contributed by atoms with E-state index in [4.69, 9.17) is 16.4 Å². The summed E-state index contributed by atoms with van der Waals surface area (Å²) in [5.74, 6) is 0.827. The smallest absolute Gasteiger partial charge is 0.317 e. The molecule has 0 bridgehead atoms. The third-order valence-electron chi connectivity index (χ3n) is 3.21. The third-order valence-corrected chi connectivity index (χ3v) is 5.46. The number of rotatable bonds is 12. The summed E-state index contributed by atoms with van der Waals surface area (Å²) in [6.07, 6.45) is 13.9. The molecular formula is C16H30O2S3. The molecule has 0 N–H and O–H groups in total. The number of unbranched alkanes of at least 4 members (excludes halogenated alkanes) is 9. The van der Waals surface area contributed by atoms with Crippen LogP contribution in [-0.2, 0) is 8.98 Å². The van der Waals surface area contributed by atoms with E-state index < -0.39 is 0 Å². The Balaban J connectivity index is 3.18. The van der Waals surface area contributed by atoms with Crippen LogP contribution in [0.25, 0.3) is 0 Å². The van der Waals surface area contributed by atoms with Gasteiger partial charge in [-0.3, -0.25) is 4.79 Å². The highest BCUT2D eigenvalue weighted by Gasteiger charge is 2.04. The molecule has 0 radical (unpaired) electrons. The van der Waals surface area contributed by atoms with Gasteiger partial charge in [0.05, 0.1) is 0 Å². The van der Waals surface area contributed by atoms with Gasteiger partial charge < -0.3 is 4.18 Å². The van der Waals surface area contributed by atoms with E-state index in [1.165, 1.54) is 64.2 Å². The summed E-state index contributed by atoms with van der Waals surface area (Å²) >= 11 is 7.80. The lowest BCUT2D eigenvalue weighted by molar-refractivity contribution is -0.132. The van der Waals surface area contributed by atoms with E-state index in [-0.39, 0.29) is 5.97 Å². The summed E-state index contributed by atoms with van der Waals surface area (Å²) in [4.78, 5) is 11.0. The molecule has 0 heterocycles. The lowest BCUT2D eigenvalue weighted by Crippen LogP contribution is -1.97. The molecule has 0 aliphatic rings. The van der Waals surface area contributed by atoms with Crippen molar-refractivity contribution in [2.24, 2.45) is 0 Å². The van der Waals surface area contributed by atoms with Gasteiger partial charge >= 0.3 is 5.97 Å². The second-order valence-electron chi connectivity index (χ2n) is 5.17. The molecule has 2 nitrogen and oxygen atoms in total. The Morgan fingerprint density at radius 1 is 0.905 bits per heavy atom. The minimum atomic E-state index is -0.207. The van der Waals surface area contributed by atoms with Gasteiger partial charge in [0.25, 0.3) is 0 Å². The third kappa shape index (κ3) is 16.5. The van der Waals surface area contributed by atoms with E-state index >= 15 is 0 Å². The summed E-state index contributed by atoms with van der Waals surface area (Å²) < 4.78 is 5.63. The monoisotopic (exact) mass is 350 g/mol. The van der Waals surface area contributed by atoms with Gasteiger partial charge in [-0.2, -0.15) is 0 Å². The summed E-state index contributed by atoms with van der Waals surface area (Å²) in [5, 5.41) is 0. The van der Waals surface area contributed by atoms with Crippen molar-refractivity contribution >= 4 is 45.5 Å². The Morgan fingerprint density at radius 3 is 1.95 bits per heavy atom. The summed E-state index contributed by atoms with van der Waals surface area (Å²) in [5.41, 5.74) is 0. The second-order valence-corrected chi connectivity index (χ2v) is 8.20. The molecule has 0 aromatic carbocycles. The van der Waals surface area contributed by atoms with E-state index in [0.29, 0.717) is 9.95 Å². The molecule has 0 fully saturated rings. The molecule has 124 valence electrons. The Hall–Kier alpha value is 0.260. The summed E-state index contributed by atoms with van der Waals surface area (Å²) in [6, 6.07) is 0. The van der Waals surface area contributed by atoms with Crippen molar-refractivity contribution in [1.82, 2.24) is 0 Å². The first kappa shape index (κ1) is 21.3. The van der Waals surface area contributed by atoms with E-state index in [1.54, 1.807) is 18.7 Å². The average molecular weight is 351 g/mol. The van der Waals surface area contributed by atoms with Gasteiger partial charge in [0.2, 0.25) is 0 Å². The van der Waals surface area contributed by atoms with E-state index in [9.17, 15) is 4.79 Å². The van der Waals surface area contributed by atoms with Crippen molar-refractivity contribution in [2.75, 3.05) is 5.75 Å². The van der Waals surface area contributed by atoms with Gasteiger partial charge in [0, 0.05) is 6.42 Å². The number of thiocarbonyl (C=S) groups is 1. The lowest BCUT2D eigenvalue weighted by atomic mass is 10.1. The van der Waals surface area contributed by atoms with Crippen LogP contribution in [0.4, 0.5) is 0 Å². The highest BCUT2D eigenvalue weighted by Crippen LogP contribution is 2.20. The first-order valence-electron chi connectivity index (χ1n) is 8.24. The number of thioether (sulfide) groups is 1. The maximum Gasteiger partial charge on any atom is 0.317 e. The average Bonchev–Trinajstić information content (AvgIpc) is 2.50. The largest absolute Gasteiger partial charge is 0.385 e. The number of carbonyl (C=O) groups excluding carboxylic acids is 1. The molecule has 0 saturated heterocycles. The van der Waals surface area contributed by atoms with Crippen LogP contribution in [0.5, 0.6) is 0 Å². The van der Waals surface area contributed by atoms with Crippen LogP contribution in [0.1, 0.15) is 84.5 Å². The SMILES string of the molecule is CCCCCCCCCCCCSC(=S)SOC(=O)CC. The Kier molecular flexibility index (Phi) is 16.8. The molecule has 21 heavy (non-hydrogen) atoms. The molecule has 0 saturated carbocycles. The van der Waals surface area contributed by atoms with Crippen LogP contribution in [0.3, 0.4) is 0 Å². The van der Waals surface area contributed by atoms with Crippen LogP contribution >= 0.6 is 36.0 Å². The summed E-state index contributed by atoms with van der Waals surface area (Å²) in [6.45, 7) is 4.04. The number of hydrogen-bond donors (Lipinski definition) is 0. The fourth-order valence-corrected chi connectivity index (χ4v) is 3.60. The topological polar surface area (TPSA) is 26.3 Å². The molecule has 0 atom stereocenters. The van der Waals surface area contributed by atoms with Crippen molar-refractivity contribution in [3.05, 3.63) is 0 Å². The van der Waals surface area contributed by atoms with Gasteiger partial charge in [-0.15, -0.1) is 11.8 Å². The van der Waals surface area contributed by atoms with Crippen molar-refractivity contribution in [1.29, 1.82) is 0 Å². The molecule has 0 amide bonds. The zero-order valence-electron chi connectivity index (χ0n) is 13.5. The molecule has 0 spiro atoms.